The molecule has 0 fully saturated rings. The molecule has 1 aliphatic heterocycles. The molecule has 5 heteroatoms. The summed E-state index contributed by atoms with van der Waals surface area (Å²) in [5.74, 6) is 0.249. The van der Waals surface area contributed by atoms with Gasteiger partial charge in [-0.05, 0) is 49.2 Å². The second-order valence-electron chi connectivity index (χ2n) is 6.60. The molecule has 4 rings (SSSR count). The van der Waals surface area contributed by atoms with Gasteiger partial charge in [0, 0.05) is 18.5 Å². The molecule has 0 saturated carbocycles. The van der Waals surface area contributed by atoms with E-state index in [4.69, 9.17) is 9.47 Å². The number of fused-ring (bicyclic) bond motifs is 1. The highest BCUT2D eigenvalue weighted by molar-refractivity contribution is 6.15. The van der Waals surface area contributed by atoms with Crippen LogP contribution in [0.3, 0.4) is 0 Å². The topological polar surface area (TPSA) is 65.5 Å². The van der Waals surface area contributed by atoms with Crippen LogP contribution in [0, 0.1) is 13.8 Å². The molecule has 1 aliphatic rings. The number of allylic oxidation sites excluding steroid dienone is 1. The van der Waals surface area contributed by atoms with Crippen molar-refractivity contribution in [1.82, 2.24) is 4.98 Å². The second-order valence-corrected chi connectivity index (χ2v) is 6.60. The molecule has 0 saturated heterocycles. The molecule has 1 aromatic heterocycles. The number of rotatable bonds is 3. The molecule has 3 aromatic rings. The zero-order chi connectivity index (χ0) is 19.7. The van der Waals surface area contributed by atoms with Crippen LogP contribution in [0.4, 0.5) is 0 Å². The van der Waals surface area contributed by atoms with Crippen molar-refractivity contribution in [3.05, 3.63) is 94.5 Å². The van der Waals surface area contributed by atoms with Gasteiger partial charge in [0.2, 0.25) is 5.78 Å². The SMILES string of the molecule is Cc1cccc(/C=C2\Oc3cc(OC(=O)c4cccnc4)cc(C)c3C2=O)c1. The van der Waals surface area contributed by atoms with Crippen molar-refractivity contribution < 1.29 is 19.1 Å². The van der Waals surface area contributed by atoms with Crippen molar-refractivity contribution in [3.63, 3.8) is 0 Å². The molecule has 0 bridgehead atoms. The van der Waals surface area contributed by atoms with E-state index >= 15 is 0 Å². The number of hydrogen-bond donors (Lipinski definition) is 0. The first-order chi connectivity index (χ1) is 13.5. The first-order valence-corrected chi connectivity index (χ1v) is 8.79. The second kappa shape index (κ2) is 7.12. The van der Waals surface area contributed by atoms with E-state index in [9.17, 15) is 9.59 Å². The summed E-state index contributed by atoms with van der Waals surface area (Å²) >= 11 is 0. The maximum Gasteiger partial charge on any atom is 0.345 e. The highest BCUT2D eigenvalue weighted by atomic mass is 16.5. The molecule has 0 amide bonds. The van der Waals surface area contributed by atoms with Gasteiger partial charge in [-0.3, -0.25) is 9.78 Å². The van der Waals surface area contributed by atoms with Crippen LogP contribution < -0.4 is 9.47 Å². The van der Waals surface area contributed by atoms with E-state index in [2.05, 4.69) is 4.98 Å². The van der Waals surface area contributed by atoms with Crippen LogP contribution >= 0.6 is 0 Å². The maximum absolute atomic E-state index is 12.8. The summed E-state index contributed by atoms with van der Waals surface area (Å²) in [7, 11) is 0. The Morgan fingerprint density at radius 1 is 1.11 bits per heavy atom. The molecule has 0 radical (unpaired) electrons. The van der Waals surface area contributed by atoms with E-state index in [1.165, 1.54) is 6.20 Å². The van der Waals surface area contributed by atoms with Crippen LogP contribution in [0.5, 0.6) is 11.5 Å². The number of Topliss-reactive ketones (excluding diaryl/α,β-unsaturated/α-hetero) is 1. The van der Waals surface area contributed by atoms with Crippen molar-refractivity contribution in [1.29, 1.82) is 0 Å². The number of ketones is 1. The summed E-state index contributed by atoms with van der Waals surface area (Å²) in [5.41, 5.74) is 3.50. The number of benzene rings is 2. The third-order valence-corrected chi connectivity index (χ3v) is 4.39. The van der Waals surface area contributed by atoms with Crippen LogP contribution in [0.1, 0.15) is 37.4 Å². The minimum atomic E-state index is -0.521. The molecule has 0 spiro atoms. The number of pyridine rings is 1. The third kappa shape index (κ3) is 3.42. The van der Waals surface area contributed by atoms with E-state index < -0.39 is 5.97 Å². The zero-order valence-corrected chi connectivity index (χ0v) is 15.4. The van der Waals surface area contributed by atoms with Crippen LogP contribution in [0.2, 0.25) is 0 Å². The largest absolute Gasteiger partial charge is 0.452 e. The Balaban J connectivity index is 1.62. The molecule has 28 heavy (non-hydrogen) atoms. The van der Waals surface area contributed by atoms with Gasteiger partial charge in [-0.1, -0.05) is 29.8 Å². The molecule has 0 atom stereocenters. The van der Waals surface area contributed by atoms with Crippen molar-refractivity contribution in [2.75, 3.05) is 0 Å². The average Bonchev–Trinajstić information content (AvgIpc) is 2.98. The van der Waals surface area contributed by atoms with Gasteiger partial charge in [-0.15, -0.1) is 0 Å². The fourth-order valence-corrected chi connectivity index (χ4v) is 3.10. The van der Waals surface area contributed by atoms with Crippen LogP contribution in [-0.2, 0) is 0 Å². The smallest absolute Gasteiger partial charge is 0.345 e. The monoisotopic (exact) mass is 371 g/mol. The summed E-state index contributed by atoms with van der Waals surface area (Å²) in [5, 5.41) is 0. The lowest BCUT2D eigenvalue weighted by molar-refractivity contribution is 0.0734. The standard InChI is InChI=1S/C23H17NO4/c1-14-5-3-6-16(9-14)11-20-22(25)21-15(2)10-18(12-19(21)28-20)27-23(26)17-7-4-8-24-13-17/h3-13H,1-2H3/b20-11-. The molecule has 0 aliphatic carbocycles. The van der Waals surface area contributed by atoms with E-state index in [1.807, 2.05) is 31.2 Å². The summed E-state index contributed by atoms with van der Waals surface area (Å²) in [6, 6.07) is 14.3. The molecular formula is C23H17NO4. The molecule has 5 nitrogen and oxygen atoms in total. The molecule has 2 heterocycles. The van der Waals surface area contributed by atoms with E-state index in [-0.39, 0.29) is 11.5 Å². The number of carbonyl (C=O) groups excluding carboxylic acids is 2. The number of nitrogens with zero attached hydrogens (tertiary/aromatic N) is 1. The van der Waals surface area contributed by atoms with Gasteiger partial charge in [-0.2, -0.15) is 0 Å². The number of aromatic nitrogens is 1. The predicted molar refractivity (Wildman–Crippen MR) is 104 cm³/mol. The first kappa shape index (κ1) is 17.7. The minimum Gasteiger partial charge on any atom is -0.452 e. The van der Waals surface area contributed by atoms with Crippen molar-refractivity contribution in [2.45, 2.75) is 13.8 Å². The molecule has 2 aromatic carbocycles. The van der Waals surface area contributed by atoms with Crippen molar-refractivity contribution in [2.24, 2.45) is 0 Å². The van der Waals surface area contributed by atoms with Crippen molar-refractivity contribution >= 4 is 17.8 Å². The van der Waals surface area contributed by atoms with Crippen LogP contribution in [0.15, 0.2) is 66.7 Å². The number of hydrogen-bond acceptors (Lipinski definition) is 5. The quantitative estimate of drug-likeness (QED) is 0.384. The Bertz CT molecular complexity index is 1120. The van der Waals surface area contributed by atoms with Gasteiger partial charge in [0.1, 0.15) is 11.5 Å². The Hall–Kier alpha value is -3.73. The lowest BCUT2D eigenvalue weighted by Crippen LogP contribution is -2.09. The predicted octanol–water partition coefficient (Wildman–Crippen LogP) is 4.53. The van der Waals surface area contributed by atoms with Gasteiger partial charge in [0.05, 0.1) is 11.1 Å². The lowest BCUT2D eigenvalue weighted by atomic mass is 10.0. The third-order valence-electron chi connectivity index (χ3n) is 4.39. The summed E-state index contributed by atoms with van der Waals surface area (Å²) in [6.07, 6.45) is 4.74. The summed E-state index contributed by atoms with van der Waals surface area (Å²) in [6.45, 7) is 3.78. The van der Waals surface area contributed by atoms with Crippen molar-refractivity contribution in [3.8, 4) is 11.5 Å². The van der Waals surface area contributed by atoms with E-state index in [0.717, 1.165) is 11.1 Å². The van der Waals surface area contributed by atoms with Gasteiger partial charge in [0.25, 0.3) is 0 Å². The summed E-state index contributed by atoms with van der Waals surface area (Å²) < 4.78 is 11.2. The summed E-state index contributed by atoms with van der Waals surface area (Å²) in [4.78, 5) is 28.9. The first-order valence-electron chi connectivity index (χ1n) is 8.79. The Morgan fingerprint density at radius 2 is 1.96 bits per heavy atom. The Morgan fingerprint density at radius 3 is 2.71 bits per heavy atom. The van der Waals surface area contributed by atoms with Crippen LogP contribution in [-0.4, -0.2) is 16.7 Å². The Labute approximate surface area is 162 Å². The van der Waals surface area contributed by atoms with E-state index in [0.29, 0.717) is 28.2 Å². The highest BCUT2D eigenvalue weighted by Crippen LogP contribution is 2.37. The van der Waals surface area contributed by atoms with Crippen LogP contribution in [0.25, 0.3) is 6.08 Å². The number of carbonyl (C=O) groups is 2. The minimum absolute atomic E-state index is 0.181. The highest BCUT2D eigenvalue weighted by Gasteiger charge is 2.30. The Kier molecular flexibility index (Phi) is 4.49. The fourth-order valence-electron chi connectivity index (χ4n) is 3.10. The zero-order valence-electron chi connectivity index (χ0n) is 15.4. The molecule has 138 valence electrons. The normalized spacial score (nSPS) is 13.9. The molecule has 0 unspecified atom stereocenters. The number of ether oxygens (including phenoxy) is 2. The van der Waals surface area contributed by atoms with Gasteiger partial charge >= 0.3 is 5.97 Å². The maximum atomic E-state index is 12.8. The lowest BCUT2D eigenvalue weighted by Gasteiger charge is -2.07. The van der Waals surface area contributed by atoms with E-state index in [1.54, 1.807) is 43.5 Å². The fraction of sp³-hybridized carbons (Fsp3) is 0.0870. The van der Waals surface area contributed by atoms with Gasteiger partial charge < -0.3 is 9.47 Å². The number of esters is 1. The van der Waals surface area contributed by atoms with Gasteiger partial charge in [-0.25, -0.2) is 4.79 Å². The molecular weight excluding hydrogens is 354 g/mol. The average molecular weight is 371 g/mol. The van der Waals surface area contributed by atoms with Gasteiger partial charge in [0.15, 0.2) is 5.76 Å². The number of aryl methyl sites for hydroxylation is 2. The molecule has 0 N–H and O–H groups in total.